The van der Waals surface area contributed by atoms with Gasteiger partial charge in [-0.15, -0.1) is 0 Å². The first-order valence-electron chi connectivity index (χ1n) is 6.62. The zero-order chi connectivity index (χ0) is 16.3. The molecule has 0 atom stereocenters. The van der Waals surface area contributed by atoms with Crippen molar-refractivity contribution in [3.8, 4) is 5.75 Å². The number of halogens is 2. The topological polar surface area (TPSA) is 61.4 Å². The maximum absolute atomic E-state index is 12.0. The quantitative estimate of drug-likeness (QED) is 0.520. The fourth-order valence-corrected chi connectivity index (χ4v) is 2.02. The Balaban J connectivity index is 2.23. The van der Waals surface area contributed by atoms with E-state index in [-0.39, 0.29) is 11.7 Å². The molecule has 0 spiro atoms. The van der Waals surface area contributed by atoms with E-state index >= 15 is 0 Å². The number of rotatable bonds is 4. The molecule has 2 aromatic carbocycles. The molecule has 0 saturated heterocycles. The molecule has 4 nitrogen and oxygen atoms in total. The highest BCUT2D eigenvalue weighted by Crippen LogP contribution is 2.36. The Kier molecular flexibility index (Phi) is 4.98. The van der Waals surface area contributed by atoms with Crippen molar-refractivity contribution in [1.29, 1.82) is 0 Å². The Morgan fingerprint density at radius 1 is 1.18 bits per heavy atom. The molecule has 116 valence electrons. The number of benzene rings is 2. The maximum Gasteiger partial charge on any atom is 0.240 e. The summed E-state index contributed by atoms with van der Waals surface area (Å²) in [5, 5.41) is 16.2. The molecule has 0 fully saturated rings. The molecule has 1 amide bonds. The van der Waals surface area contributed by atoms with Crippen molar-refractivity contribution < 1.29 is 9.90 Å². The van der Waals surface area contributed by atoms with E-state index in [1.807, 2.05) is 30.3 Å². The molecule has 0 saturated carbocycles. The van der Waals surface area contributed by atoms with E-state index in [0.29, 0.717) is 16.4 Å². The van der Waals surface area contributed by atoms with Gasteiger partial charge in [0.2, 0.25) is 5.91 Å². The summed E-state index contributed by atoms with van der Waals surface area (Å²) in [6.45, 7) is 3.45. The van der Waals surface area contributed by atoms with Crippen LogP contribution < -0.4 is 10.6 Å². The average molecular weight is 384 g/mol. The Morgan fingerprint density at radius 2 is 1.82 bits per heavy atom. The molecular weight excluding hydrogens is 368 g/mol. The molecule has 0 heterocycles. The number of anilines is 3. The molecule has 0 aromatic heterocycles. The van der Waals surface area contributed by atoms with Gasteiger partial charge >= 0.3 is 0 Å². The SMILES string of the molecule is CC(C)(Br)C(=O)Nc1cc(O)c(Nc2ccccc2)cc1Cl. The highest BCUT2D eigenvalue weighted by molar-refractivity contribution is 9.10. The molecule has 0 bridgehead atoms. The number of phenolic OH excluding ortho intramolecular Hbond substituents is 1. The van der Waals surface area contributed by atoms with Gasteiger partial charge in [-0.25, -0.2) is 0 Å². The Morgan fingerprint density at radius 3 is 2.41 bits per heavy atom. The van der Waals surface area contributed by atoms with Crippen LogP contribution in [0.15, 0.2) is 42.5 Å². The van der Waals surface area contributed by atoms with Crippen molar-refractivity contribution in [2.75, 3.05) is 10.6 Å². The second kappa shape index (κ2) is 6.58. The van der Waals surface area contributed by atoms with Crippen molar-refractivity contribution >= 4 is 50.5 Å². The van der Waals surface area contributed by atoms with Crippen LogP contribution >= 0.6 is 27.5 Å². The zero-order valence-corrected chi connectivity index (χ0v) is 14.5. The van der Waals surface area contributed by atoms with E-state index in [1.165, 1.54) is 6.07 Å². The number of hydrogen-bond acceptors (Lipinski definition) is 3. The van der Waals surface area contributed by atoms with Crippen LogP contribution in [-0.2, 0) is 4.79 Å². The second-order valence-electron chi connectivity index (χ2n) is 5.27. The van der Waals surface area contributed by atoms with E-state index in [9.17, 15) is 9.90 Å². The fraction of sp³-hybridized carbons (Fsp3) is 0.188. The van der Waals surface area contributed by atoms with Crippen molar-refractivity contribution in [2.45, 2.75) is 18.2 Å². The summed E-state index contributed by atoms with van der Waals surface area (Å²) in [7, 11) is 0. The molecule has 0 aliphatic rings. The third-order valence-electron chi connectivity index (χ3n) is 2.93. The lowest BCUT2D eigenvalue weighted by molar-refractivity contribution is -0.117. The number of carbonyl (C=O) groups is 1. The fourth-order valence-electron chi connectivity index (χ4n) is 1.71. The van der Waals surface area contributed by atoms with Gasteiger partial charge in [0.1, 0.15) is 5.75 Å². The van der Waals surface area contributed by atoms with E-state index in [0.717, 1.165) is 5.69 Å². The minimum Gasteiger partial charge on any atom is -0.506 e. The summed E-state index contributed by atoms with van der Waals surface area (Å²) in [4.78, 5) is 12.0. The van der Waals surface area contributed by atoms with Crippen LogP contribution in [0.25, 0.3) is 0 Å². The van der Waals surface area contributed by atoms with E-state index in [4.69, 9.17) is 11.6 Å². The number of carbonyl (C=O) groups excluding carboxylic acids is 1. The number of phenols is 1. The van der Waals surface area contributed by atoms with Crippen LogP contribution in [-0.4, -0.2) is 15.3 Å². The van der Waals surface area contributed by atoms with Gasteiger partial charge in [-0.3, -0.25) is 4.79 Å². The molecule has 0 radical (unpaired) electrons. The number of alkyl halides is 1. The summed E-state index contributed by atoms with van der Waals surface area (Å²) in [6.07, 6.45) is 0. The first kappa shape index (κ1) is 16.6. The predicted molar refractivity (Wildman–Crippen MR) is 94.5 cm³/mol. The van der Waals surface area contributed by atoms with Crippen molar-refractivity contribution in [2.24, 2.45) is 0 Å². The van der Waals surface area contributed by atoms with Crippen LogP contribution in [0.1, 0.15) is 13.8 Å². The molecule has 0 aliphatic heterocycles. The molecule has 2 rings (SSSR count). The molecule has 0 unspecified atom stereocenters. The van der Waals surface area contributed by atoms with Crippen molar-refractivity contribution in [3.63, 3.8) is 0 Å². The number of hydrogen-bond donors (Lipinski definition) is 3. The molecule has 2 aromatic rings. The lowest BCUT2D eigenvalue weighted by Gasteiger charge is -2.18. The first-order chi connectivity index (χ1) is 10.3. The predicted octanol–water partition coefficient (Wildman–Crippen LogP) is 4.90. The second-order valence-corrected chi connectivity index (χ2v) is 7.66. The summed E-state index contributed by atoms with van der Waals surface area (Å²) < 4.78 is -0.729. The van der Waals surface area contributed by atoms with Crippen LogP contribution in [0.2, 0.25) is 5.02 Å². The number of nitrogens with one attached hydrogen (secondary N) is 2. The standard InChI is InChI=1S/C16H16BrClN2O2/c1-16(2,17)15(22)20-12-9-14(21)13(8-11(12)18)19-10-6-4-3-5-7-10/h3-9,19,21H,1-2H3,(H,20,22). The largest absolute Gasteiger partial charge is 0.506 e. The minimum absolute atomic E-state index is 0.00377. The molecule has 0 aliphatic carbocycles. The molecule has 6 heteroatoms. The lowest BCUT2D eigenvalue weighted by Crippen LogP contribution is -2.31. The lowest BCUT2D eigenvalue weighted by atomic mass is 10.2. The van der Waals surface area contributed by atoms with Crippen molar-refractivity contribution in [3.05, 3.63) is 47.5 Å². The molecule has 3 N–H and O–H groups in total. The van der Waals surface area contributed by atoms with Gasteiger partial charge in [0.05, 0.1) is 20.7 Å². The third-order valence-corrected chi connectivity index (χ3v) is 3.60. The molecule has 22 heavy (non-hydrogen) atoms. The van der Waals surface area contributed by atoms with E-state index in [1.54, 1.807) is 19.9 Å². The summed E-state index contributed by atoms with van der Waals surface area (Å²) >= 11 is 9.45. The number of para-hydroxylation sites is 1. The van der Waals surface area contributed by atoms with Crippen LogP contribution in [0, 0.1) is 0 Å². The third kappa shape index (κ3) is 4.15. The van der Waals surface area contributed by atoms with Gasteiger partial charge in [-0.05, 0) is 32.0 Å². The normalized spacial score (nSPS) is 11.1. The smallest absolute Gasteiger partial charge is 0.240 e. The highest BCUT2D eigenvalue weighted by Gasteiger charge is 2.24. The van der Waals surface area contributed by atoms with Crippen molar-refractivity contribution in [1.82, 2.24) is 0 Å². The Labute approximate surface area is 142 Å². The van der Waals surface area contributed by atoms with Gasteiger partial charge in [0, 0.05) is 11.8 Å². The number of amides is 1. The van der Waals surface area contributed by atoms with Gasteiger partial charge < -0.3 is 15.7 Å². The van der Waals surface area contributed by atoms with Crippen LogP contribution in [0.3, 0.4) is 0 Å². The van der Waals surface area contributed by atoms with Gasteiger partial charge in [-0.1, -0.05) is 45.7 Å². The van der Waals surface area contributed by atoms with E-state index < -0.39 is 4.32 Å². The van der Waals surface area contributed by atoms with Crippen LogP contribution in [0.5, 0.6) is 5.75 Å². The van der Waals surface area contributed by atoms with Gasteiger partial charge in [-0.2, -0.15) is 0 Å². The summed E-state index contributed by atoms with van der Waals surface area (Å²) in [5.41, 5.74) is 1.65. The van der Waals surface area contributed by atoms with Gasteiger partial charge in [0.25, 0.3) is 0 Å². The maximum atomic E-state index is 12.0. The minimum atomic E-state index is -0.729. The van der Waals surface area contributed by atoms with Crippen LogP contribution in [0.4, 0.5) is 17.1 Å². The summed E-state index contributed by atoms with van der Waals surface area (Å²) in [6, 6.07) is 12.4. The Hall–Kier alpha value is -1.72. The first-order valence-corrected chi connectivity index (χ1v) is 7.79. The monoisotopic (exact) mass is 382 g/mol. The molecular formula is C16H16BrClN2O2. The van der Waals surface area contributed by atoms with E-state index in [2.05, 4.69) is 26.6 Å². The highest BCUT2D eigenvalue weighted by atomic mass is 79.9. The zero-order valence-electron chi connectivity index (χ0n) is 12.2. The Bertz CT molecular complexity index is 685. The number of aromatic hydroxyl groups is 1. The summed E-state index contributed by atoms with van der Waals surface area (Å²) in [5.74, 6) is -0.256. The average Bonchev–Trinajstić information content (AvgIpc) is 2.44. The van der Waals surface area contributed by atoms with Gasteiger partial charge in [0.15, 0.2) is 0 Å².